The molecule has 3 heteroatoms. The van der Waals surface area contributed by atoms with Gasteiger partial charge in [-0.25, -0.2) is 4.39 Å². The number of hydrogen-bond acceptors (Lipinski definition) is 2. The molecule has 0 heterocycles. The van der Waals surface area contributed by atoms with Crippen LogP contribution in [0.15, 0.2) is 30.9 Å². The molecular weight excluding hydrogens is 215 g/mol. The highest BCUT2D eigenvalue weighted by atomic mass is 19.1. The lowest BCUT2D eigenvalue weighted by Gasteiger charge is -2.31. The Morgan fingerprint density at radius 1 is 1.41 bits per heavy atom. The monoisotopic (exact) mass is 236 g/mol. The Morgan fingerprint density at radius 2 is 2.06 bits per heavy atom. The molecule has 0 aliphatic heterocycles. The van der Waals surface area contributed by atoms with Crippen molar-refractivity contribution in [3.8, 4) is 0 Å². The maximum Gasteiger partial charge on any atom is 0.130 e. The van der Waals surface area contributed by atoms with E-state index in [1.807, 2.05) is 12.1 Å². The van der Waals surface area contributed by atoms with Crippen LogP contribution >= 0.6 is 0 Å². The summed E-state index contributed by atoms with van der Waals surface area (Å²) in [6.07, 6.45) is 1.82. The second-order valence-electron chi connectivity index (χ2n) is 4.50. The van der Waals surface area contributed by atoms with Crippen LogP contribution in [0.2, 0.25) is 0 Å². The predicted molar refractivity (Wildman–Crippen MR) is 71.7 cm³/mol. The van der Waals surface area contributed by atoms with E-state index in [4.69, 9.17) is 5.73 Å². The van der Waals surface area contributed by atoms with Crippen molar-refractivity contribution in [1.29, 1.82) is 0 Å². The number of rotatable bonds is 5. The van der Waals surface area contributed by atoms with Gasteiger partial charge in [0.05, 0.1) is 0 Å². The zero-order valence-corrected chi connectivity index (χ0v) is 10.8. The molecule has 1 aromatic carbocycles. The van der Waals surface area contributed by atoms with E-state index in [1.54, 1.807) is 13.0 Å². The van der Waals surface area contributed by atoms with Gasteiger partial charge in [0.15, 0.2) is 0 Å². The molecule has 1 aromatic rings. The van der Waals surface area contributed by atoms with E-state index >= 15 is 0 Å². The number of nitrogens with zero attached hydrogens (tertiary/aromatic N) is 1. The summed E-state index contributed by atoms with van der Waals surface area (Å²) < 4.78 is 13.8. The Balaban J connectivity index is 3.27. The minimum atomic E-state index is -0.322. The van der Waals surface area contributed by atoms with Crippen LogP contribution < -0.4 is 10.6 Å². The van der Waals surface area contributed by atoms with Gasteiger partial charge in [0.1, 0.15) is 5.82 Å². The van der Waals surface area contributed by atoms with Gasteiger partial charge in [-0.1, -0.05) is 12.1 Å². The van der Waals surface area contributed by atoms with Gasteiger partial charge < -0.3 is 10.6 Å². The normalized spacial score (nSPS) is 12.6. The van der Waals surface area contributed by atoms with Gasteiger partial charge in [-0.3, -0.25) is 0 Å². The van der Waals surface area contributed by atoms with Crippen LogP contribution in [0.4, 0.5) is 10.1 Å². The molecule has 94 valence electrons. The summed E-state index contributed by atoms with van der Waals surface area (Å²) in [5.74, 6) is -0.243. The van der Waals surface area contributed by atoms with Gasteiger partial charge in [-0.05, 0) is 32.9 Å². The highest BCUT2D eigenvalue weighted by molar-refractivity contribution is 5.56. The highest BCUT2D eigenvalue weighted by Crippen LogP contribution is 2.29. The van der Waals surface area contributed by atoms with E-state index < -0.39 is 0 Å². The average Bonchev–Trinajstić information content (AvgIpc) is 2.24. The largest absolute Gasteiger partial charge is 0.365 e. The average molecular weight is 236 g/mol. The number of anilines is 1. The maximum absolute atomic E-state index is 13.8. The highest BCUT2D eigenvalue weighted by Gasteiger charge is 2.18. The van der Waals surface area contributed by atoms with Crippen LogP contribution in [0, 0.1) is 5.82 Å². The molecule has 0 saturated heterocycles. The van der Waals surface area contributed by atoms with Crippen molar-refractivity contribution < 1.29 is 4.39 Å². The van der Waals surface area contributed by atoms with Crippen molar-refractivity contribution in [1.82, 2.24) is 0 Å². The summed E-state index contributed by atoms with van der Waals surface area (Å²) in [6.45, 7) is 10.4. The lowest BCUT2D eigenvalue weighted by atomic mass is 10.0. The molecule has 1 rings (SSSR count). The molecular formula is C14H21FN2. The molecule has 0 bridgehead atoms. The molecule has 1 atom stereocenters. The lowest BCUT2D eigenvalue weighted by Crippen LogP contribution is -2.32. The van der Waals surface area contributed by atoms with E-state index in [1.165, 1.54) is 6.07 Å². The van der Waals surface area contributed by atoms with Crippen LogP contribution in [0.5, 0.6) is 0 Å². The molecule has 17 heavy (non-hydrogen) atoms. The smallest absolute Gasteiger partial charge is 0.130 e. The van der Waals surface area contributed by atoms with E-state index in [9.17, 15) is 4.39 Å². The second kappa shape index (κ2) is 5.82. The fourth-order valence-corrected chi connectivity index (χ4v) is 1.95. The van der Waals surface area contributed by atoms with Crippen molar-refractivity contribution in [2.45, 2.75) is 32.9 Å². The number of hydrogen-bond donors (Lipinski definition) is 1. The third-order valence-corrected chi connectivity index (χ3v) is 2.74. The predicted octanol–water partition coefficient (Wildman–Crippen LogP) is 3.25. The van der Waals surface area contributed by atoms with Crippen LogP contribution in [0.25, 0.3) is 0 Å². The fourth-order valence-electron chi connectivity index (χ4n) is 1.95. The summed E-state index contributed by atoms with van der Waals surface area (Å²) in [7, 11) is 0. The first-order valence-electron chi connectivity index (χ1n) is 5.90. The molecule has 1 unspecified atom stereocenters. The summed E-state index contributed by atoms with van der Waals surface area (Å²) in [5, 5.41) is 0. The number of nitrogens with two attached hydrogens (primary N) is 1. The van der Waals surface area contributed by atoms with Gasteiger partial charge in [-0.15, -0.1) is 6.58 Å². The third kappa shape index (κ3) is 3.07. The van der Waals surface area contributed by atoms with Crippen molar-refractivity contribution in [2.75, 3.05) is 11.4 Å². The number of halogens is 1. The Labute approximate surface area is 103 Å². The molecule has 2 nitrogen and oxygen atoms in total. The fraction of sp³-hybridized carbons (Fsp3) is 0.429. The maximum atomic E-state index is 13.8. The van der Waals surface area contributed by atoms with Crippen LogP contribution in [-0.2, 0) is 0 Å². The second-order valence-corrected chi connectivity index (χ2v) is 4.50. The van der Waals surface area contributed by atoms with Gasteiger partial charge in [0, 0.05) is 29.9 Å². The van der Waals surface area contributed by atoms with E-state index in [0.29, 0.717) is 12.1 Å². The molecule has 0 saturated carbocycles. The van der Waals surface area contributed by atoms with Crippen LogP contribution in [0.3, 0.4) is 0 Å². The summed E-state index contributed by atoms with van der Waals surface area (Å²) in [5.41, 5.74) is 7.29. The standard InChI is InChI=1S/C14H21FN2/c1-5-9-17(10(2)3)13-8-6-7-12(15)14(13)11(4)16/h5-8,10-11H,1,9,16H2,2-4H3. The quantitative estimate of drug-likeness (QED) is 0.795. The summed E-state index contributed by atoms with van der Waals surface area (Å²) >= 11 is 0. The zero-order valence-electron chi connectivity index (χ0n) is 10.8. The topological polar surface area (TPSA) is 29.3 Å². The minimum Gasteiger partial charge on any atom is -0.365 e. The Bertz CT molecular complexity index is 386. The van der Waals surface area contributed by atoms with E-state index in [2.05, 4.69) is 25.3 Å². The van der Waals surface area contributed by atoms with Crippen LogP contribution in [0.1, 0.15) is 32.4 Å². The molecule has 0 spiro atoms. The molecule has 0 aliphatic rings. The molecule has 0 fully saturated rings. The van der Waals surface area contributed by atoms with Gasteiger partial charge in [-0.2, -0.15) is 0 Å². The molecule has 0 aromatic heterocycles. The van der Waals surface area contributed by atoms with Gasteiger partial charge >= 0.3 is 0 Å². The SMILES string of the molecule is C=CCN(c1cccc(F)c1C(C)N)C(C)C. The van der Waals surface area contributed by atoms with Crippen molar-refractivity contribution in [2.24, 2.45) is 5.73 Å². The van der Waals surface area contributed by atoms with Crippen molar-refractivity contribution in [3.05, 3.63) is 42.2 Å². The van der Waals surface area contributed by atoms with Crippen LogP contribution in [-0.4, -0.2) is 12.6 Å². The lowest BCUT2D eigenvalue weighted by molar-refractivity contribution is 0.589. The summed E-state index contributed by atoms with van der Waals surface area (Å²) in [4.78, 5) is 2.09. The Morgan fingerprint density at radius 3 is 2.53 bits per heavy atom. The van der Waals surface area contributed by atoms with Crippen molar-refractivity contribution in [3.63, 3.8) is 0 Å². The Hall–Kier alpha value is -1.35. The summed E-state index contributed by atoms with van der Waals surface area (Å²) in [6, 6.07) is 5.03. The Kier molecular flexibility index (Phi) is 4.70. The molecule has 0 amide bonds. The zero-order chi connectivity index (χ0) is 13.0. The first kappa shape index (κ1) is 13.7. The van der Waals surface area contributed by atoms with Gasteiger partial charge in [0.2, 0.25) is 0 Å². The van der Waals surface area contributed by atoms with E-state index in [-0.39, 0.29) is 17.9 Å². The molecule has 2 N–H and O–H groups in total. The number of benzene rings is 1. The first-order chi connectivity index (χ1) is 7.99. The molecule has 0 radical (unpaired) electrons. The molecule has 0 aliphatic carbocycles. The first-order valence-corrected chi connectivity index (χ1v) is 5.90. The van der Waals surface area contributed by atoms with E-state index in [0.717, 1.165) is 5.69 Å². The van der Waals surface area contributed by atoms with Crippen molar-refractivity contribution >= 4 is 5.69 Å². The minimum absolute atomic E-state index is 0.243. The third-order valence-electron chi connectivity index (χ3n) is 2.74. The van der Waals surface area contributed by atoms with Gasteiger partial charge in [0.25, 0.3) is 0 Å².